The molecule has 100 valence electrons. The molecule has 2 heteroatoms. The molecule has 2 atom stereocenters. The van der Waals surface area contributed by atoms with Crippen LogP contribution in [0.4, 0.5) is 0 Å². The lowest BCUT2D eigenvalue weighted by Gasteiger charge is -2.31. The molecular weight excluding hydrogens is 236 g/mol. The highest BCUT2D eigenvalue weighted by Crippen LogP contribution is 2.41. The van der Waals surface area contributed by atoms with Gasteiger partial charge in [-0.15, -0.1) is 0 Å². The third-order valence-electron chi connectivity index (χ3n) is 3.81. The Balaban J connectivity index is 1.92. The number of hydrogen-bond donors (Lipinski definition) is 0. The van der Waals surface area contributed by atoms with Crippen LogP contribution in [0.5, 0.6) is 0 Å². The van der Waals surface area contributed by atoms with Crippen LogP contribution >= 0.6 is 0 Å². The highest BCUT2D eigenvalue weighted by molar-refractivity contribution is 5.29. The lowest BCUT2D eigenvalue weighted by molar-refractivity contribution is -0.0628. The second-order valence-electron chi connectivity index (χ2n) is 5.71. The van der Waals surface area contributed by atoms with Gasteiger partial charge in [0.25, 0.3) is 0 Å². The Hall–Kier alpha value is -1.54. The summed E-state index contributed by atoms with van der Waals surface area (Å²) in [5.74, 6) is 1.43. The maximum atomic E-state index is 6.26. The van der Waals surface area contributed by atoms with Crippen LogP contribution in [0.15, 0.2) is 41.0 Å². The number of rotatable bonds is 2. The average molecular weight is 256 g/mol. The lowest BCUT2D eigenvalue weighted by atomic mass is 9.92. The van der Waals surface area contributed by atoms with Crippen molar-refractivity contribution < 1.29 is 9.15 Å². The van der Waals surface area contributed by atoms with Gasteiger partial charge < -0.3 is 9.15 Å². The summed E-state index contributed by atoms with van der Waals surface area (Å²) in [5.41, 5.74) is 3.82. The Morgan fingerprint density at radius 1 is 1.11 bits per heavy atom. The lowest BCUT2D eigenvalue weighted by Crippen LogP contribution is -2.22. The first kappa shape index (κ1) is 12.5. The van der Waals surface area contributed by atoms with Crippen molar-refractivity contribution in [3.8, 4) is 0 Å². The van der Waals surface area contributed by atoms with Crippen molar-refractivity contribution in [3.63, 3.8) is 0 Å². The average Bonchev–Trinajstić information content (AvgIpc) is 2.86. The molecule has 0 fully saturated rings. The summed E-state index contributed by atoms with van der Waals surface area (Å²) in [6.07, 6.45) is 2.88. The van der Waals surface area contributed by atoms with Crippen molar-refractivity contribution in [2.24, 2.45) is 5.92 Å². The molecule has 0 N–H and O–H groups in total. The monoisotopic (exact) mass is 256 g/mol. The van der Waals surface area contributed by atoms with Crippen LogP contribution in [0.3, 0.4) is 0 Å². The molecule has 0 saturated heterocycles. The Labute approximate surface area is 114 Å². The molecule has 19 heavy (non-hydrogen) atoms. The molecule has 0 spiro atoms. The first-order chi connectivity index (χ1) is 9.15. The quantitative estimate of drug-likeness (QED) is 0.783. The zero-order valence-corrected chi connectivity index (χ0v) is 11.7. The zero-order valence-electron chi connectivity index (χ0n) is 11.7. The van der Waals surface area contributed by atoms with Gasteiger partial charge in [-0.05, 0) is 30.0 Å². The predicted octanol–water partition coefficient (Wildman–Crippen LogP) is 4.60. The number of hydrogen-bond acceptors (Lipinski definition) is 2. The van der Waals surface area contributed by atoms with E-state index in [1.165, 1.54) is 16.7 Å². The van der Waals surface area contributed by atoms with Crippen LogP contribution in [-0.2, 0) is 11.2 Å². The molecule has 0 radical (unpaired) electrons. The standard InChI is InChI=1S/C17H20O2/c1-11(2)16-17-14(8-9-18-17)10-15(19-16)13-6-4-12(3)5-7-13/h4-9,11,15-16H,10H2,1-3H3/t15-,16-/m1/s1. The predicted molar refractivity (Wildman–Crippen MR) is 75.0 cm³/mol. The summed E-state index contributed by atoms with van der Waals surface area (Å²) in [6.45, 7) is 6.46. The van der Waals surface area contributed by atoms with E-state index in [2.05, 4.69) is 51.1 Å². The summed E-state index contributed by atoms with van der Waals surface area (Å²) in [6, 6.07) is 10.7. The zero-order chi connectivity index (χ0) is 13.4. The SMILES string of the molecule is Cc1ccc([C@H]2Cc3ccoc3[C@@H](C(C)C)O2)cc1. The van der Waals surface area contributed by atoms with E-state index in [9.17, 15) is 0 Å². The van der Waals surface area contributed by atoms with Crippen molar-refractivity contribution in [1.29, 1.82) is 0 Å². The third kappa shape index (κ3) is 2.33. The molecule has 3 rings (SSSR count). The smallest absolute Gasteiger partial charge is 0.136 e. The van der Waals surface area contributed by atoms with Gasteiger partial charge in [0.1, 0.15) is 11.9 Å². The first-order valence-electron chi connectivity index (χ1n) is 6.93. The Morgan fingerprint density at radius 2 is 1.84 bits per heavy atom. The number of aryl methyl sites for hydroxylation is 1. The minimum absolute atomic E-state index is 0.0602. The van der Waals surface area contributed by atoms with Crippen LogP contribution < -0.4 is 0 Å². The summed E-state index contributed by atoms with van der Waals surface area (Å²) in [5, 5.41) is 0. The van der Waals surface area contributed by atoms with Gasteiger partial charge in [-0.25, -0.2) is 0 Å². The van der Waals surface area contributed by atoms with Crippen molar-refractivity contribution in [3.05, 3.63) is 59.0 Å². The van der Waals surface area contributed by atoms with Gasteiger partial charge in [0.05, 0.1) is 12.4 Å². The normalized spacial score (nSPS) is 22.5. The number of fused-ring (bicyclic) bond motifs is 1. The number of ether oxygens (including phenoxy) is 1. The van der Waals surface area contributed by atoms with E-state index >= 15 is 0 Å². The minimum Gasteiger partial charge on any atom is -0.466 e. The molecule has 0 aliphatic carbocycles. The van der Waals surface area contributed by atoms with Crippen LogP contribution in [0, 0.1) is 12.8 Å². The highest BCUT2D eigenvalue weighted by Gasteiger charge is 2.32. The Kier molecular flexibility index (Phi) is 3.19. The third-order valence-corrected chi connectivity index (χ3v) is 3.81. The number of furan rings is 1. The van der Waals surface area contributed by atoms with E-state index in [4.69, 9.17) is 9.15 Å². The second-order valence-corrected chi connectivity index (χ2v) is 5.71. The van der Waals surface area contributed by atoms with Crippen LogP contribution in [0.1, 0.15) is 48.5 Å². The van der Waals surface area contributed by atoms with Gasteiger partial charge in [-0.1, -0.05) is 43.7 Å². The van der Waals surface area contributed by atoms with Crippen LogP contribution in [0.25, 0.3) is 0 Å². The molecule has 2 aromatic rings. The summed E-state index contributed by atoms with van der Waals surface area (Å²) in [7, 11) is 0. The molecule has 0 bridgehead atoms. The maximum absolute atomic E-state index is 6.26. The summed E-state index contributed by atoms with van der Waals surface area (Å²) in [4.78, 5) is 0. The van der Waals surface area contributed by atoms with Crippen LogP contribution in [0.2, 0.25) is 0 Å². The molecular formula is C17H20O2. The molecule has 1 aliphatic rings. The first-order valence-corrected chi connectivity index (χ1v) is 6.93. The van der Waals surface area contributed by atoms with Crippen molar-refractivity contribution in [2.45, 2.75) is 39.4 Å². The van der Waals surface area contributed by atoms with E-state index in [-0.39, 0.29) is 12.2 Å². The molecule has 0 amide bonds. The highest BCUT2D eigenvalue weighted by atomic mass is 16.5. The van der Waals surface area contributed by atoms with Gasteiger partial charge in [0, 0.05) is 6.42 Å². The van der Waals surface area contributed by atoms with Gasteiger partial charge in [0.2, 0.25) is 0 Å². The van der Waals surface area contributed by atoms with Gasteiger partial charge in [0.15, 0.2) is 0 Å². The van der Waals surface area contributed by atoms with Gasteiger partial charge in [-0.2, -0.15) is 0 Å². The van der Waals surface area contributed by atoms with E-state index in [0.29, 0.717) is 5.92 Å². The summed E-state index contributed by atoms with van der Waals surface area (Å²) >= 11 is 0. The van der Waals surface area contributed by atoms with Gasteiger partial charge in [-0.3, -0.25) is 0 Å². The molecule has 1 aromatic heterocycles. The molecule has 0 unspecified atom stereocenters. The van der Waals surface area contributed by atoms with Crippen molar-refractivity contribution in [2.75, 3.05) is 0 Å². The molecule has 2 nitrogen and oxygen atoms in total. The fourth-order valence-electron chi connectivity index (χ4n) is 2.69. The number of benzene rings is 1. The van der Waals surface area contributed by atoms with Crippen molar-refractivity contribution >= 4 is 0 Å². The van der Waals surface area contributed by atoms with E-state index < -0.39 is 0 Å². The fourth-order valence-corrected chi connectivity index (χ4v) is 2.69. The van der Waals surface area contributed by atoms with Gasteiger partial charge >= 0.3 is 0 Å². The van der Waals surface area contributed by atoms with E-state index in [1.54, 1.807) is 6.26 Å². The molecule has 1 aromatic carbocycles. The van der Waals surface area contributed by atoms with E-state index in [1.807, 2.05) is 0 Å². The Morgan fingerprint density at radius 3 is 2.53 bits per heavy atom. The topological polar surface area (TPSA) is 22.4 Å². The van der Waals surface area contributed by atoms with Crippen molar-refractivity contribution in [1.82, 2.24) is 0 Å². The minimum atomic E-state index is 0.0602. The largest absolute Gasteiger partial charge is 0.466 e. The molecule has 0 saturated carbocycles. The second kappa shape index (κ2) is 4.86. The van der Waals surface area contributed by atoms with E-state index in [0.717, 1.165) is 12.2 Å². The fraction of sp³-hybridized carbons (Fsp3) is 0.412. The molecule has 1 aliphatic heterocycles. The Bertz CT molecular complexity index is 551. The van der Waals surface area contributed by atoms with Crippen LogP contribution in [-0.4, -0.2) is 0 Å². The molecule has 2 heterocycles. The maximum Gasteiger partial charge on any atom is 0.136 e. The summed E-state index contributed by atoms with van der Waals surface area (Å²) < 4.78 is 11.9.